The monoisotopic (exact) mass is 308 g/mol. The Morgan fingerprint density at radius 3 is 2.15 bits per heavy atom. The van der Waals surface area contributed by atoms with Gasteiger partial charge in [0.1, 0.15) is 18.4 Å². The van der Waals surface area contributed by atoms with Crippen molar-refractivity contribution in [1.82, 2.24) is 14.9 Å². The number of aromatic nitrogens is 3. The van der Waals surface area contributed by atoms with E-state index in [2.05, 4.69) is 19.8 Å². The fraction of sp³-hybridized carbons (Fsp3) is 0.111. The van der Waals surface area contributed by atoms with Gasteiger partial charge < -0.3 is 4.74 Å². The molecule has 11 heteroatoms. The molecule has 0 aliphatic heterocycles. The third kappa shape index (κ3) is 3.60. The molecule has 2 rings (SSSR count). The van der Waals surface area contributed by atoms with Gasteiger partial charge in [0.2, 0.25) is 0 Å². The van der Waals surface area contributed by atoms with E-state index in [9.17, 15) is 21.6 Å². The molecular weight excluding hydrogens is 301 g/mol. The van der Waals surface area contributed by atoms with Gasteiger partial charge in [-0.05, 0) is 24.3 Å². The third-order valence-electron chi connectivity index (χ3n) is 2.01. The molecular formula is C9H7F3N4O3S. The highest BCUT2D eigenvalue weighted by Crippen LogP contribution is 2.23. The number of hydrogen-bond acceptors (Lipinski definition) is 5. The van der Waals surface area contributed by atoms with E-state index in [0.717, 1.165) is 41.6 Å². The zero-order valence-electron chi connectivity index (χ0n) is 9.57. The minimum absolute atomic E-state index is 0.235. The molecule has 0 saturated carbocycles. The first-order chi connectivity index (χ1) is 9.26. The van der Waals surface area contributed by atoms with Crippen molar-refractivity contribution in [2.45, 2.75) is 11.3 Å². The van der Waals surface area contributed by atoms with Crippen LogP contribution in [0.1, 0.15) is 0 Å². The number of rotatable bonds is 4. The first kappa shape index (κ1) is 14.1. The van der Waals surface area contributed by atoms with Crippen LogP contribution in [0.2, 0.25) is 0 Å². The maximum Gasteiger partial charge on any atom is 0.573 e. The Morgan fingerprint density at radius 1 is 1.10 bits per heavy atom. The van der Waals surface area contributed by atoms with Crippen molar-refractivity contribution in [1.29, 1.82) is 0 Å². The fourth-order valence-electron chi connectivity index (χ4n) is 1.26. The second-order valence-electron chi connectivity index (χ2n) is 3.48. The van der Waals surface area contributed by atoms with Gasteiger partial charge in [-0.2, -0.15) is 8.42 Å². The number of halogens is 3. The molecule has 2 aromatic rings. The first-order valence-electron chi connectivity index (χ1n) is 4.99. The van der Waals surface area contributed by atoms with Crippen LogP contribution in [-0.4, -0.2) is 29.7 Å². The number of hydrogen-bond donors (Lipinski definition) is 1. The summed E-state index contributed by atoms with van der Waals surface area (Å²) < 4.78 is 64.2. The van der Waals surface area contributed by atoms with Gasteiger partial charge in [0.15, 0.2) is 0 Å². The molecule has 0 atom stereocenters. The lowest BCUT2D eigenvalue weighted by atomic mass is 10.3. The van der Waals surface area contributed by atoms with E-state index >= 15 is 0 Å². The van der Waals surface area contributed by atoms with Gasteiger partial charge in [-0.1, -0.05) is 0 Å². The minimum Gasteiger partial charge on any atom is -0.406 e. The average molecular weight is 308 g/mol. The molecule has 0 saturated heterocycles. The Labute approximate surface area is 111 Å². The third-order valence-corrected chi connectivity index (χ3v) is 3.36. The molecule has 7 nitrogen and oxygen atoms in total. The SMILES string of the molecule is O=S(=O)(Nn1cnnc1)c1ccc(OC(F)(F)F)cc1. The molecule has 1 aromatic carbocycles. The van der Waals surface area contributed by atoms with Gasteiger partial charge in [-0.15, -0.1) is 23.4 Å². The van der Waals surface area contributed by atoms with Crippen molar-refractivity contribution in [3.8, 4) is 5.75 Å². The van der Waals surface area contributed by atoms with Crippen LogP contribution in [-0.2, 0) is 10.0 Å². The molecule has 0 bridgehead atoms. The second-order valence-corrected chi connectivity index (χ2v) is 5.14. The first-order valence-corrected chi connectivity index (χ1v) is 6.48. The summed E-state index contributed by atoms with van der Waals surface area (Å²) in [5.41, 5.74) is 0. The van der Waals surface area contributed by atoms with Crippen molar-refractivity contribution in [3.05, 3.63) is 36.9 Å². The lowest BCUT2D eigenvalue weighted by Crippen LogP contribution is -2.22. The van der Waals surface area contributed by atoms with Gasteiger partial charge in [-0.25, -0.2) is 9.51 Å². The molecule has 1 aromatic heterocycles. The number of nitrogens with zero attached hydrogens (tertiary/aromatic N) is 3. The molecule has 1 heterocycles. The summed E-state index contributed by atoms with van der Waals surface area (Å²) in [4.78, 5) is 1.85. The van der Waals surface area contributed by atoms with Gasteiger partial charge in [0.05, 0.1) is 4.90 Å². The zero-order valence-corrected chi connectivity index (χ0v) is 10.4. The molecule has 108 valence electrons. The minimum atomic E-state index is -4.83. The highest BCUT2D eigenvalue weighted by molar-refractivity contribution is 7.92. The maximum absolute atomic E-state index is 12.0. The molecule has 0 aliphatic rings. The van der Waals surface area contributed by atoms with Gasteiger partial charge >= 0.3 is 6.36 Å². The van der Waals surface area contributed by atoms with Crippen LogP contribution in [0.15, 0.2) is 41.8 Å². The summed E-state index contributed by atoms with van der Waals surface area (Å²) in [6.45, 7) is 0. The van der Waals surface area contributed by atoms with Gasteiger partial charge in [0, 0.05) is 0 Å². The van der Waals surface area contributed by atoms with Crippen LogP contribution >= 0.6 is 0 Å². The van der Waals surface area contributed by atoms with E-state index < -0.39 is 22.1 Å². The second kappa shape index (κ2) is 5.00. The smallest absolute Gasteiger partial charge is 0.406 e. The standard InChI is InChI=1S/C9H7F3N4O3S/c10-9(11,12)19-7-1-3-8(4-2-7)20(17,18)15-16-5-13-14-6-16/h1-6,15H. The normalized spacial score (nSPS) is 12.2. The fourth-order valence-corrected chi connectivity index (χ4v) is 2.23. The Kier molecular flexibility index (Phi) is 3.53. The Morgan fingerprint density at radius 2 is 1.65 bits per heavy atom. The van der Waals surface area contributed by atoms with Gasteiger partial charge in [-0.3, -0.25) is 0 Å². The number of alkyl halides is 3. The maximum atomic E-state index is 12.0. The quantitative estimate of drug-likeness (QED) is 0.914. The zero-order chi connectivity index (χ0) is 14.8. The van der Waals surface area contributed by atoms with E-state index in [-0.39, 0.29) is 4.90 Å². The Balaban J connectivity index is 2.17. The molecule has 0 radical (unpaired) electrons. The van der Waals surface area contributed by atoms with Crippen molar-refractivity contribution >= 4 is 10.0 Å². The van der Waals surface area contributed by atoms with E-state index in [1.54, 1.807) is 0 Å². The topological polar surface area (TPSA) is 86.1 Å². The molecule has 0 unspecified atom stereocenters. The molecule has 0 aliphatic carbocycles. The Hall–Kier alpha value is -2.30. The summed E-state index contributed by atoms with van der Waals surface area (Å²) in [5, 5.41) is 6.79. The summed E-state index contributed by atoms with van der Waals surface area (Å²) in [6, 6.07) is 3.75. The molecule has 0 fully saturated rings. The van der Waals surface area contributed by atoms with E-state index in [1.807, 2.05) is 0 Å². The Bertz CT molecular complexity index is 667. The van der Waals surface area contributed by atoms with Gasteiger partial charge in [0.25, 0.3) is 10.0 Å². The largest absolute Gasteiger partial charge is 0.573 e. The molecule has 1 N–H and O–H groups in total. The highest BCUT2D eigenvalue weighted by atomic mass is 32.2. The van der Waals surface area contributed by atoms with Crippen LogP contribution in [0.5, 0.6) is 5.75 Å². The lowest BCUT2D eigenvalue weighted by molar-refractivity contribution is -0.274. The van der Waals surface area contributed by atoms with E-state index in [1.165, 1.54) is 0 Å². The number of ether oxygens (including phenoxy) is 1. The number of nitrogens with one attached hydrogen (secondary N) is 1. The number of sulfonamides is 1. The predicted molar refractivity (Wildman–Crippen MR) is 59.7 cm³/mol. The van der Waals surface area contributed by atoms with Crippen molar-refractivity contribution in [2.24, 2.45) is 0 Å². The highest BCUT2D eigenvalue weighted by Gasteiger charge is 2.31. The molecule has 0 amide bonds. The lowest BCUT2D eigenvalue weighted by Gasteiger charge is -2.10. The summed E-state index contributed by atoms with van der Waals surface area (Å²) >= 11 is 0. The van der Waals surface area contributed by atoms with Crippen LogP contribution in [0, 0.1) is 0 Å². The van der Waals surface area contributed by atoms with Crippen LogP contribution in [0.3, 0.4) is 0 Å². The molecule has 0 spiro atoms. The van der Waals surface area contributed by atoms with E-state index in [0.29, 0.717) is 0 Å². The summed E-state index contributed by atoms with van der Waals surface area (Å²) in [6.07, 6.45) is -2.61. The van der Waals surface area contributed by atoms with Crippen molar-refractivity contribution < 1.29 is 26.3 Å². The summed E-state index contributed by atoms with van der Waals surface area (Å²) in [5.74, 6) is -0.513. The van der Waals surface area contributed by atoms with Crippen LogP contribution in [0.4, 0.5) is 13.2 Å². The van der Waals surface area contributed by atoms with Crippen LogP contribution in [0.25, 0.3) is 0 Å². The van der Waals surface area contributed by atoms with E-state index in [4.69, 9.17) is 0 Å². The predicted octanol–water partition coefficient (Wildman–Crippen LogP) is 1.11. The molecule has 20 heavy (non-hydrogen) atoms. The van der Waals surface area contributed by atoms with Crippen LogP contribution < -0.4 is 9.57 Å². The number of benzene rings is 1. The summed E-state index contributed by atoms with van der Waals surface area (Å²) in [7, 11) is -3.95. The average Bonchev–Trinajstić information content (AvgIpc) is 2.79. The van der Waals surface area contributed by atoms with Crippen molar-refractivity contribution in [3.63, 3.8) is 0 Å². The van der Waals surface area contributed by atoms with Crippen molar-refractivity contribution in [2.75, 3.05) is 4.83 Å².